The van der Waals surface area contributed by atoms with Gasteiger partial charge in [-0.1, -0.05) is 45.0 Å². The van der Waals surface area contributed by atoms with Crippen LogP contribution >= 0.6 is 11.3 Å². The average molecular weight is 363 g/mol. The van der Waals surface area contributed by atoms with Gasteiger partial charge in [0.25, 0.3) is 0 Å². The summed E-state index contributed by atoms with van der Waals surface area (Å²) in [5, 5.41) is 19.8. The average Bonchev–Trinajstić information content (AvgIpc) is 3.14. The largest absolute Gasteiger partial charge is 0.510 e. The number of para-hydroxylation sites is 1. The zero-order chi connectivity index (χ0) is 18.5. The number of rotatable bonds is 2. The topological polar surface area (TPSA) is 60.2 Å². The van der Waals surface area contributed by atoms with Crippen LogP contribution in [0.25, 0.3) is 15.8 Å². The SMILES string of the molecule is CC(C)(C)c1ccc(N2CC(O)=C(c3nc4ccccc4s3)C2=N)cc1. The molecule has 0 spiro atoms. The molecule has 1 aromatic heterocycles. The summed E-state index contributed by atoms with van der Waals surface area (Å²) in [6.07, 6.45) is 0. The van der Waals surface area contributed by atoms with E-state index in [1.54, 1.807) is 0 Å². The molecular formula is C21H21N3OS. The minimum atomic E-state index is 0.0869. The van der Waals surface area contributed by atoms with Crippen LogP contribution in [0, 0.1) is 5.41 Å². The summed E-state index contributed by atoms with van der Waals surface area (Å²) >= 11 is 1.51. The molecule has 5 heteroatoms. The maximum atomic E-state index is 10.5. The Hall–Kier alpha value is -2.66. The first-order valence-corrected chi connectivity index (χ1v) is 9.41. The van der Waals surface area contributed by atoms with Crippen molar-refractivity contribution in [1.82, 2.24) is 4.98 Å². The molecule has 132 valence electrons. The van der Waals surface area contributed by atoms with Gasteiger partial charge in [0, 0.05) is 5.69 Å². The van der Waals surface area contributed by atoms with Crippen molar-refractivity contribution >= 4 is 38.6 Å². The molecule has 0 unspecified atom stereocenters. The summed E-state index contributed by atoms with van der Waals surface area (Å²) in [5.74, 6) is 0.499. The molecule has 1 aliphatic rings. The van der Waals surface area contributed by atoms with E-state index in [1.807, 2.05) is 41.3 Å². The molecule has 0 radical (unpaired) electrons. The number of aliphatic hydroxyl groups excluding tert-OH is 1. The van der Waals surface area contributed by atoms with E-state index in [-0.39, 0.29) is 11.2 Å². The Morgan fingerprint density at radius 2 is 1.77 bits per heavy atom. The second-order valence-corrected chi connectivity index (χ2v) is 8.57. The minimum absolute atomic E-state index is 0.0869. The van der Waals surface area contributed by atoms with Gasteiger partial charge < -0.3 is 10.0 Å². The third kappa shape index (κ3) is 2.78. The van der Waals surface area contributed by atoms with Gasteiger partial charge in [-0.05, 0) is 35.2 Å². The fourth-order valence-electron chi connectivity index (χ4n) is 3.15. The highest BCUT2D eigenvalue weighted by atomic mass is 32.1. The van der Waals surface area contributed by atoms with Crippen molar-refractivity contribution in [3.05, 3.63) is 64.9 Å². The normalized spacial score (nSPS) is 15.3. The van der Waals surface area contributed by atoms with Crippen molar-refractivity contribution in [2.24, 2.45) is 0 Å². The van der Waals surface area contributed by atoms with E-state index in [9.17, 15) is 5.11 Å². The molecule has 2 N–H and O–H groups in total. The summed E-state index contributed by atoms with van der Waals surface area (Å²) in [6.45, 7) is 6.84. The van der Waals surface area contributed by atoms with E-state index in [0.29, 0.717) is 23.0 Å². The number of benzene rings is 2. The molecule has 3 aromatic rings. The fraction of sp³-hybridized carbons (Fsp3) is 0.238. The minimum Gasteiger partial charge on any atom is -0.510 e. The van der Waals surface area contributed by atoms with E-state index in [4.69, 9.17) is 5.41 Å². The maximum absolute atomic E-state index is 10.5. The van der Waals surface area contributed by atoms with Crippen molar-refractivity contribution in [2.45, 2.75) is 26.2 Å². The number of nitrogens with zero attached hydrogens (tertiary/aromatic N) is 2. The quantitative estimate of drug-likeness (QED) is 0.644. The molecule has 0 saturated carbocycles. The number of fused-ring (bicyclic) bond motifs is 1. The van der Waals surface area contributed by atoms with Crippen LogP contribution in [-0.2, 0) is 5.41 Å². The van der Waals surface area contributed by atoms with E-state index >= 15 is 0 Å². The van der Waals surface area contributed by atoms with Gasteiger partial charge in [-0.15, -0.1) is 11.3 Å². The number of amidine groups is 1. The Kier molecular flexibility index (Phi) is 3.84. The molecular weight excluding hydrogens is 342 g/mol. The lowest BCUT2D eigenvalue weighted by Gasteiger charge is -2.22. The van der Waals surface area contributed by atoms with Gasteiger partial charge in [0.05, 0.1) is 22.3 Å². The summed E-state index contributed by atoms with van der Waals surface area (Å²) in [6, 6.07) is 16.1. The smallest absolute Gasteiger partial charge is 0.139 e. The predicted octanol–water partition coefficient (Wildman–Crippen LogP) is 5.36. The number of hydrogen-bond acceptors (Lipinski definition) is 4. The van der Waals surface area contributed by atoms with Crippen molar-refractivity contribution in [1.29, 1.82) is 5.41 Å². The molecule has 2 heterocycles. The van der Waals surface area contributed by atoms with Gasteiger partial charge in [0.2, 0.25) is 0 Å². The van der Waals surface area contributed by atoms with Crippen LogP contribution < -0.4 is 4.90 Å². The number of aliphatic hydroxyl groups is 1. The molecule has 0 aliphatic carbocycles. The molecule has 4 rings (SSSR count). The molecule has 4 nitrogen and oxygen atoms in total. The summed E-state index contributed by atoms with van der Waals surface area (Å²) < 4.78 is 1.06. The first-order valence-electron chi connectivity index (χ1n) is 8.59. The lowest BCUT2D eigenvalue weighted by Crippen LogP contribution is -2.26. The third-order valence-electron chi connectivity index (χ3n) is 4.66. The Labute approximate surface area is 156 Å². The highest BCUT2D eigenvalue weighted by Gasteiger charge is 2.31. The number of hydrogen-bond donors (Lipinski definition) is 2. The summed E-state index contributed by atoms with van der Waals surface area (Å²) in [4.78, 5) is 6.43. The van der Waals surface area contributed by atoms with E-state index in [1.165, 1.54) is 16.9 Å². The van der Waals surface area contributed by atoms with Crippen LogP contribution in [0.1, 0.15) is 31.3 Å². The van der Waals surface area contributed by atoms with Gasteiger partial charge in [0.1, 0.15) is 16.6 Å². The number of nitrogens with one attached hydrogen (secondary N) is 1. The fourth-order valence-corrected chi connectivity index (χ4v) is 4.18. The highest BCUT2D eigenvalue weighted by molar-refractivity contribution is 7.19. The summed E-state index contributed by atoms with van der Waals surface area (Å²) in [7, 11) is 0. The Balaban J connectivity index is 1.66. The standard InChI is InChI=1S/C21H21N3OS/c1-21(2,3)13-8-10-14(11-9-13)24-12-16(25)18(19(24)22)20-23-15-6-4-5-7-17(15)26-20/h4-11,22,25H,12H2,1-3H3. The zero-order valence-electron chi connectivity index (χ0n) is 15.1. The van der Waals surface area contributed by atoms with Crippen LogP contribution in [0.15, 0.2) is 54.3 Å². The lowest BCUT2D eigenvalue weighted by molar-refractivity contribution is 0.411. The van der Waals surface area contributed by atoms with Crippen molar-refractivity contribution in [3.63, 3.8) is 0 Å². The van der Waals surface area contributed by atoms with Crippen LogP contribution in [0.4, 0.5) is 5.69 Å². The van der Waals surface area contributed by atoms with Crippen molar-refractivity contribution in [2.75, 3.05) is 11.4 Å². The maximum Gasteiger partial charge on any atom is 0.139 e. The molecule has 0 bridgehead atoms. The van der Waals surface area contributed by atoms with E-state index < -0.39 is 0 Å². The lowest BCUT2D eigenvalue weighted by atomic mass is 9.87. The second kappa shape index (κ2) is 5.95. The molecule has 26 heavy (non-hydrogen) atoms. The molecule has 0 amide bonds. The molecule has 0 atom stereocenters. The zero-order valence-corrected chi connectivity index (χ0v) is 15.9. The predicted molar refractivity (Wildman–Crippen MR) is 109 cm³/mol. The van der Waals surface area contributed by atoms with Crippen LogP contribution in [0.5, 0.6) is 0 Å². The Morgan fingerprint density at radius 3 is 2.42 bits per heavy atom. The molecule has 0 fully saturated rings. The van der Waals surface area contributed by atoms with Gasteiger partial charge in [-0.3, -0.25) is 5.41 Å². The molecule has 1 aliphatic heterocycles. The third-order valence-corrected chi connectivity index (χ3v) is 5.71. The van der Waals surface area contributed by atoms with Gasteiger partial charge in [0.15, 0.2) is 0 Å². The first kappa shape index (κ1) is 16.8. The van der Waals surface area contributed by atoms with Crippen LogP contribution in [0.2, 0.25) is 0 Å². The second-order valence-electron chi connectivity index (χ2n) is 7.54. The number of thiazole rings is 1. The van der Waals surface area contributed by atoms with Crippen molar-refractivity contribution in [3.8, 4) is 0 Å². The van der Waals surface area contributed by atoms with Gasteiger partial charge >= 0.3 is 0 Å². The van der Waals surface area contributed by atoms with Gasteiger partial charge in [-0.2, -0.15) is 0 Å². The van der Waals surface area contributed by atoms with E-state index in [0.717, 1.165) is 15.9 Å². The Morgan fingerprint density at radius 1 is 1.08 bits per heavy atom. The summed E-state index contributed by atoms with van der Waals surface area (Å²) in [5.41, 5.74) is 3.67. The molecule has 2 aromatic carbocycles. The first-order chi connectivity index (χ1) is 12.3. The highest BCUT2D eigenvalue weighted by Crippen LogP contribution is 2.35. The molecule has 0 saturated heterocycles. The van der Waals surface area contributed by atoms with Crippen LogP contribution in [-0.4, -0.2) is 22.5 Å². The van der Waals surface area contributed by atoms with Crippen LogP contribution in [0.3, 0.4) is 0 Å². The van der Waals surface area contributed by atoms with Gasteiger partial charge in [-0.25, -0.2) is 4.98 Å². The number of anilines is 1. The monoisotopic (exact) mass is 363 g/mol. The number of aromatic nitrogens is 1. The Bertz CT molecular complexity index is 992. The van der Waals surface area contributed by atoms with E-state index in [2.05, 4.69) is 37.9 Å². The van der Waals surface area contributed by atoms with Crippen molar-refractivity contribution < 1.29 is 5.11 Å².